The van der Waals surface area contributed by atoms with E-state index in [2.05, 4.69) is 76.3 Å². The molecule has 2 heterocycles. The van der Waals surface area contributed by atoms with E-state index in [1.807, 2.05) is 24.3 Å². The lowest BCUT2D eigenvalue weighted by Gasteiger charge is -2.10. The smallest absolute Gasteiger partial charge is 0.141 e. The van der Waals surface area contributed by atoms with Gasteiger partial charge in [0.05, 0.1) is 16.7 Å². The summed E-state index contributed by atoms with van der Waals surface area (Å²) >= 11 is 0. The van der Waals surface area contributed by atoms with Crippen LogP contribution in [0.5, 0.6) is 0 Å². The first kappa shape index (κ1) is 15.4. The molecule has 5 rings (SSSR count). The molecule has 0 amide bonds. The number of benzene rings is 3. The van der Waals surface area contributed by atoms with Gasteiger partial charge in [-0.15, -0.1) is 0 Å². The molecule has 5 aromatic rings. The summed E-state index contributed by atoms with van der Waals surface area (Å²) in [4.78, 5) is 4.44. The second-order valence-corrected chi connectivity index (χ2v) is 6.44. The number of rotatable bonds is 2. The maximum Gasteiger partial charge on any atom is 0.141 e. The fourth-order valence-electron chi connectivity index (χ4n) is 3.66. The van der Waals surface area contributed by atoms with Crippen LogP contribution in [0.1, 0.15) is 5.69 Å². The van der Waals surface area contributed by atoms with Gasteiger partial charge in [0.15, 0.2) is 0 Å². The van der Waals surface area contributed by atoms with Crippen molar-refractivity contribution in [1.29, 1.82) is 5.26 Å². The summed E-state index contributed by atoms with van der Waals surface area (Å²) in [5.41, 5.74) is 5.65. The number of pyridine rings is 1. The first-order valence-corrected chi connectivity index (χ1v) is 8.81. The molecule has 0 aliphatic rings. The van der Waals surface area contributed by atoms with Crippen molar-refractivity contribution in [3.8, 4) is 23.0 Å². The Hall–Kier alpha value is -3.90. The zero-order chi connectivity index (χ0) is 18.2. The van der Waals surface area contributed by atoms with E-state index in [1.54, 1.807) is 6.07 Å². The van der Waals surface area contributed by atoms with Crippen LogP contribution in [0.25, 0.3) is 38.8 Å². The maximum absolute atomic E-state index is 9.13. The van der Waals surface area contributed by atoms with Gasteiger partial charge in [-0.3, -0.25) is 0 Å². The van der Waals surface area contributed by atoms with Gasteiger partial charge in [-0.2, -0.15) is 5.26 Å². The molecule has 0 saturated heterocycles. The van der Waals surface area contributed by atoms with Crippen molar-refractivity contribution < 1.29 is 0 Å². The minimum absolute atomic E-state index is 0.426. The lowest BCUT2D eigenvalue weighted by molar-refractivity contribution is 1.18. The predicted molar refractivity (Wildman–Crippen MR) is 109 cm³/mol. The van der Waals surface area contributed by atoms with E-state index >= 15 is 0 Å². The van der Waals surface area contributed by atoms with E-state index in [0.717, 1.165) is 16.9 Å². The lowest BCUT2D eigenvalue weighted by atomic mass is 10.1. The Bertz CT molecular complexity index is 1290. The van der Waals surface area contributed by atoms with Gasteiger partial charge in [0.2, 0.25) is 0 Å². The van der Waals surface area contributed by atoms with E-state index in [1.165, 1.54) is 21.8 Å². The molecule has 0 saturated carbocycles. The Morgan fingerprint density at radius 3 is 2.07 bits per heavy atom. The minimum Gasteiger partial charge on any atom is -0.309 e. The number of aromatic nitrogens is 2. The van der Waals surface area contributed by atoms with Crippen LogP contribution in [0, 0.1) is 11.3 Å². The number of hydrogen-bond acceptors (Lipinski definition) is 2. The molecule has 3 heteroatoms. The summed E-state index contributed by atoms with van der Waals surface area (Å²) < 4.78 is 2.28. The third-order valence-corrected chi connectivity index (χ3v) is 4.84. The molecule has 0 atom stereocenters. The topological polar surface area (TPSA) is 41.6 Å². The fraction of sp³-hybridized carbons (Fsp3) is 0. The van der Waals surface area contributed by atoms with Crippen LogP contribution < -0.4 is 0 Å². The van der Waals surface area contributed by atoms with Crippen molar-refractivity contribution in [2.24, 2.45) is 0 Å². The first-order valence-electron chi connectivity index (χ1n) is 8.81. The molecule has 0 N–H and O–H groups in total. The van der Waals surface area contributed by atoms with Crippen LogP contribution in [0.4, 0.5) is 0 Å². The van der Waals surface area contributed by atoms with Crippen LogP contribution >= 0.6 is 0 Å². The summed E-state index contributed by atoms with van der Waals surface area (Å²) in [5, 5.41) is 11.6. The fourth-order valence-corrected chi connectivity index (χ4v) is 3.66. The third kappa shape index (κ3) is 2.47. The van der Waals surface area contributed by atoms with Crippen LogP contribution in [0.2, 0.25) is 0 Å². The number of nitriles is 1. The van der Waals surface area contributed by atoms with Crippen molar-refractivity contribution in [1.82, 2.24) is 9.55 Å². The Morgan fingerprint density at radius 1 is 0.704 bits per heavy atom. The average Bonchev–Trinajstić information content (AvgIpc) is 3.08. The average molecular weight is 345 g/mol. The van der Waals surface area contributed by atoms with Crippen molar-refractivity contribution in [2.75, 3.05) is 0 Å². The molecule has 0 aliphatic carbocycles. The zero-order valence-corrected chi connectivity index (χ0v) is 14.5. The molecule has 0 radical (unpaired) electrons. The number of fused-ring (bicyclic) bond motifs is 3. The molecular weight excluding hydrogens is 330 g/mol. The summed E-state index contributed by atoms with van der Waals surface area (Å²) in [7, 11) is 0. The third-order valence-electron chi connectivity index (χ3n) is 4.84. The van der Waals surface area contributed by atoms with Crippen LogP contribution in [0.3, 0.4) is 0 Å². The Balaban J connectivity index is 1.77. The second-order valence-electron chi connectivity index (χ2n) is 6.44. The molecule has 0 spiro atoms. The monoisotopic (exact) mass is 345 g/mol. The van der Waals surface area contributed by atoms with Gasteiger partial charge >= 0.3 is 0 Å². The van der Waals surface area contributed by atoms with E-state index in [-0.39, 0.29) is 0 Å². The van der Waals surface area contributed by atoms with Crippen LogP contribution in [-0.4, -0.2) is 9.55 Å². The van der Waals surface area contributed by atoms with Crippen molar-refractivity contribution >= 4 is 21.8 Å². The largest absolute Gasteiger partial charge is 0.309 e. The number of nitrogens with zero attached hydrogens (tertiary/aromatic N) is 3. The summed E-state index contributed by atoms with van der Waals surface area (Å²) in [5.74, 6) is 0. The van der Waals surface area contributed by atoms with Crippen LogP contribution in [-0.2, 0) is 0 Å². The molecule has 2 aromatic heterocycles. The van der Waals surface area contributed by atoms with Crippen LogP contribution in [0.15, 0.2) is 91.0 Å². The van der Waals surface area contributed by atoms with Gasteiger partial charge < -0.3 is 4.57 Å². The van der Waals surface area contributed by atoms with Gasteiger partial charge in [0.1, 0.15) is 11.8 Å². The van der Waals surface area contributed by atoms with E-state index in [0.29, 0.717) is 5.69 Å². The van der Waals surface area contributed by atoms with Gasteiger partial charge in [-0.25, -0.2) is 4.98 Å². The molecule has 3 aromatic carbocycles. The van der Waals surface area contributed by atoms with Gasteiger partial charge in [0.25, 0.3) is 0 Å². The molecule has 27 heavy (non-hydrogen) atoms. The Morgan fingerprint density at radius 2 is 1.37 bits per heavy atom. The normalized spacial score (nSPS) is 10.9. The van der Waals surface area contributed by atoms with E-state index in [9.17, 15) is 0 Å². The standard InChI is InChI=1S/C24H15N3/c25-16-18-8-6-12-22(26-18)17-7-5-9-19(15-17)27-23-13-3-1-10-20(23)21-11-2-4-14-24(21)27/h1-15H. The molecule has 126 valence electrons. The quantitative estimate of drug-likeness (QED) is 0.411. The predicted octanol–water partition coefficient (Wildman–Crippen LogP) is 5.72. The second kappa shape index (κ2) is 6.12. The van der Waals surface area contributed by atoms with Gasteiger partial charge in [0, 0.05) is 22.0 Å². The highest BCUT2D eigenvalue weighted by atomic mass is 15.0. The SMILES string of the molecule is N#Cc1cccc(-c2cccc(-n3c4ccccc4c4ccccc43)c2)n1. The highest BCUT2D eigenvalue weighted by Crippen LogP contribution is 2.32. The lowest BCUT2D eigenvalue weighted by Crippen LogP contribution is -1.95. The molecule has 3 nitrogen and oxygen atoms in total. The summed E-state index contributed by atoms with van der Waals surface area (Å²) in [6.45, 7) is 0. The van der Waals surface area contributed by atoms with Crippen molar-refractivity contribution in [3.63, 3.8) is 0 Å². The molecule has 0 unspecified atom stereocenters. The molecule has 0 bridgehead atoms. The van der Waals surface area contributed by atoms with Crippen molar-refractivity contribution in [2.45, 2.75) is 0 Å². The minimum atomic E-state index is 0.426. The van der Waals surface area contributed by atoms with Crippen molar-refractivity contribution in [3.05, 3.63) is 96.7 Å². The highest BCUT2D eigenvalue weighted by Gasteiger charge is 2.12. The van der Waals surface area contributed by atoms with E-state index < -0.39 is 0 Å². The van der Waals surface area contributed by atoms with E-state index in [4.69, 9.17) is 5.26 Å². The molecule has 0 aliphatic heterocycles. The molecular formula is C24H15N3. The Kier molecular flexibility index (Phi) is 3.48. The first-order chi connectivity index (χ1) is 13.3. The zero-order valence-electron chi connectivity index (χ0n) is 14.5. The number of hydrogen-bond donors (Lipinski definition) is 0. The summed E-state index contributed by atoms with van der Waals surface area (Å²) in [6.07, 6.45) is 0. The molecule has 0 fully saturated rings. The Labute approximate surface area is 156 Å². The highest BCUT2D eigenvalue weighted by molar-refractivity contribution is 6.09. The van der Waals surface area contributed by atoms with Gasteiger partial charge in [-0.1, -0.05) is 54.6 Å². The van der Waals surface area contributed by atoms with Gasteiger partial charge in [-0.05, 0) is 36.4 Å². The number of para-hydroxylation sites is 2. The summed E-state index contributed by atoms with van der Waals surface area (Å²) in [6, 6.07) is 32.9. The maximum atomic E-state index is 9.13.